The van der Waals surface area contributed by atoms with Crippen molar-refractivity contribution in [3.8, 4) is 0 Å². The standard InChI is InChI=1S/C23H35FN4O3/c1-23(2,3)31-22(30)25-16-18-8-10-26(11-9-18)17-21(29)28-14-12-27(13-15-28)20-6-4-19(24)5-7-20/h4-7,18H,8-17H2,1-3H3,(H,25,30). The Hall–Kier alpha value is -2.35. The Morgan fingerprint density at radius 1 is 1.03 bits per heavy atom. The number of hydrogen-bond acceptors (Lipinski definition) is 5. The van der Waals surface area contributed by atoms with Gasteiger partial charge in [0, 0.05) is 38.4 Å². The molecule has 0 aromatic heterocycles. The first-order valence-electron chi connectivity index (χ1n) is 11.2. The van der Waals surface area contributed by atoms with Crippen molar-refractivity contribution in [3.63, 3.8) is 0 Å². The van der Waals surface area contributed by atoms with Gasteiger partial charge in [0.1, 0.15) is 11.4 Å². The van der Waals surface area contributed by atoms with E-state index >= 15 is 0 Å². The van der Waals surface area contributed by atoms with Gasteiger partial charge in [0.25, 0.3) is 0 Å². The molecule has 172 valence electrons. The molecule has 0 atom stereocenters. The normalized spacial score (nSPS) is 18.7. The molecule has 2 saturated heterocycles. The summed E-state index contributed by atoms with van der Waals surface area (Å²) in [4.78, 5) is 30.8. The van der Waals surface area contributed by atoms with Gasteiger partial charge < -0.3 is 19.9 Å². The van der Waals surface area contributed by atoms with Crippen LogP contribution in [0.15, 0.2) is 24.3 Å². The van der Waals surface area contributed by atoms with E-state index in [1.807, 2.05) is 25.7 Å². The van der Waals surface area contributed by atoms with Crippen molar-refractivity contribution in [2.45, 2.75) is 39.2 Å². The first-order valence-corrected chi connectivity index (χ1v) is 11.2. The Morgan fingerprint density at radius 2 is 1.65 bits per heavy atom. The van der Waals surface area contributed by atoms with Gasteiger partial charge in [-0.3, -0.25) is 9.69 Å². The molecule has 0 spiro atoms. The minimum Gasteiger partial charge on any atom is -0.444 e. The van der Waals surface area contributed by atoms with Crippen LogP contribution in [-0.2, 0) is 9.53 Å². The molecule has 1 aromatic rings. The predicted octanol–water partition coefficient (Wildman–Crippen LogP) is 2.71. The molecule has 0 bridgehead atoms. The molecule has 3 rings (SSSR count). The van der Waals surface area contributed by atoms with E-state index < -0.39 is 5.60 Å². The number of likely N-dealkylation sites (tertiary alicyclic amines) is 1. The summed E-state index contributed by atoms with van der Waals surface area (Å²) in [7, 11) is 0. The molecular weight excluding hydrogens is 399 g/mol. The third kappa shape index (κ3) is 7.38. The average molecular weight is 435 g/mol. The zero-order chi connectivity index (χ0) is 22.4. The van der Waals surface area contributed by atoms with Gasteiger partial charge in [0.05, 0.1) is 6.54 Å². The fourth-order valence-electron chi connectivity index (χ4n) is 4.05. The summed E-state index contributed by atoms with van der Waals surface area (Å²) in [6.45, 7) is 11.2. The number of carbonyl (C=O) groups is 2. The Labute approximate surface area is 184 Å². The number of benzene rings is 1. The molecule has 2 aliphatic heterocycles. The third-order valence-electron chi connectivity index (χ3n) is 5.82. The molecule has 8 heteroatoms. The van der Waals surface area contributed by atoms with Crippen LogP contribution in [0.2, 0.25) is 0 Å². The zero-order valence-electron chi connectivity index (χ0n) is 18.9. The monoisotopic (exact) mass is 434 g/mol. The lowest BCUT2D eigenvalue weighted by atomic mass is 9.97. The highest BCUT2D eigenvalue weighted by atomic mass is 19.1. The van der Waals surface area contributed by atoms with Crippen LogP contribution < -0.4 is 10.2 Å². The van der Waals surface area contributed by atoms with E-state index in [9.17, 15) is 14.0 Å². The van der Waals surface area contributed by atoms with Gasteiger partial charge in [-0.1, -0.05) is 0 Å². The summed E-state index contributed by atoms with van der Waals surface area (Å²) < 4.78 is 18.4. The number of anilines is 1. The molecule has 0 saturated carbocycles. The molecule has 1 N–H and O–H groups in total. The van der Waals surface area contributed by atoms with Crippen molar-refractivity contribution in [1.29, 1.82) is 0 Å². The van der Waals surface area contributed by atoms with Crippen LogP contribution in [0.25, 0.3) is 0 Å². The highest BCUT2D eigenvalue weighted by Crippen LogP contribution is 2.19. The van der Waals surface area contributed by atoms with Crippen LogP contribution in [0, 0.1) is 11.7 Å². The van der Waals surface area contributed by atoms with Crippen molar-refractivity contribution >= 4 is 17.7 Å². The lowest BCUT2D eigenvalue weighted by Gasteiger charge is -2.38. The minimum absolute atomic E-state index is 0.170. The maximum Gasteiger partial charge on any atom is 0.407 e. The molecule has 1 aromatic carbocycles. The van der Waals surface area contributed by atoms with Crippen molar-refractivity contribution < 1.29 is 18.7 Å². The number of piperazine rings is 1. The number of halogens is 1. The summed E-state index contributed by atoms with van der Waals surface area (Å²) in [5.41, 5.74) is 0.508. The predicted molar refractivity (Wildman–Crippen MR) is 119 cm³/mol. The number of carbonyl (C=O) groups excluding carboxylic acids is 2. The van der Waals surface area contributed by atoms with Crippen molar-refractivity contribution in [3.05, 3.63) is 30.1 Å². The number of ether oxygens (including phenoxy) is 1. The van der Waals surface area contributed by atoms with E-state index in [-0.39, 0.29) is 17.8 Å². The van der Waals surface area contributed by atoms with Gasteiger partial charge in [-0.2, -0.15) is 0 Å². The second-order valence-corrected chi connectivity index (χ2v) is 9.45. The van der Waals surface area contributed by atoms with Crippen molar-refractivity contribution in [1.82, 2.24) is 15.1 Å². The summed E-state index contributed by atoms with van der Waals surface area (Å²) in [6.07, 6.45) is 1.55. The Balaban J connectivity index is 1.34. The molecule has 31 heavy (non-hydrogen) atoms. The quantitative estimate of drug-likeness (QED) is 0.772. The lowest BCUT2D eigenvalue weighted by Crippen LogP contribution is -2.52. The Kier molecular flexibility index (Phi) is 7.75. The zero-order valence-corrected chi connectivity index (χ0v) is 18.9. The summed E-state index contributed by atoms with van der Waals surface area (Å²) in [5.74, 6) is 0.351. The van der Waals surface area contributed by atoms with E-state index in [0.717, 1.165) is 44.7 Å². The highest BCUT2D eigenvalue weighted by molar-refractivity contribution is 5.78. The second-order valence-electron chi connectivity index (χ2n) is 9.45. The van der Waals surface area contributed by atoms with Crippen LogP contribution in [0.1, 0.15) is 33.6 Å². The number of piperidine rings is 1. The molecule has 0 radical (unpaired) electrons. The molecule has 0 aliphatic carbocycles. The number of amides is 2. The van der Waals surface area contributed by atoms with Crippen LogP contribution >= 0.6 is 0 Å². The van der Waals surface area contributed by atoms with E-state index in [2.05, 4.69) is 15.1 Å². The molecule has 7 nitrogen and oxygen atoms in total. The molecule has 2 heterocycles. The fraction of sp³-hybridized carbons (Fsp3) is 0.652. The maximum absolute atomic E-state index is 13.1. The number of hydrogen-bond donors (Lipinski definition) is 1. The van der Waals surface area contributed by atoms with Crippen LogP contribution in [0.4, 0.5) is 14.9 Å². The minimum atomic E-state index is -0.488. The van der Waals surface area contributed by atoms with Crippen LogP contribution in [0.3, 0.4) is 0 Å². The topological polar surface area (TPSA) is 65.1 Å². The van der Waals surface area contributed by atoms with Crippen molar-refractivity contribution in [2.24, 2.45) is 5.92 Å². The van der Waals surface area contributed by atoms with Gasteiger partial charge in [-0.15, -0.1) is 0 Å². The van der Waals surface area contributed by atoms with Gasteiger partial charge in [0.15, 0.2) is 0 Å². The number of rotatable bonds is 5. The van der Waals surface area contributed by atoms with Crippen LogP contribution in [-0.4, -0.2) is 79.8 Å². The smallest absolute Gasteiger partial charge is 0.407 e. The molecular formula is C23H35FN4O3. The van der Waals surface area contributed by atoms with Gasteiger partial charge in [-0.05, 0) is 76.9 Å². The first-order chi connectivity index (χ1) is 14.7. The van der Waals surface area contributed by atoms with E-state index in [0.29, 0.717) is 32.1 Å². The third-order valence-corrected chi connectivity index (χ3v) is 5.82. The van der Waals surface area contributed by atoms with Gasteiger partial charge >= 0.3 is 6.09 Å². The summed E-state index contributed by atoms with van der Waals surface area (Å²) in [5, 5.41) is 2.86. The van der Waals surface area contributed by atoms with Gasteiger partial charge in [0.2, 0.25) is 5.91 Å². The maximum atomic E-state index is 13.1. The highest BCUT2D eigenvalue weighted by Gasteiger charge is 2.26. The largest absolute Gasteiger partial charge is 0.444 e. The van der Waals surface area contributed by atoms with Gasteiger partial charge in [-0.25, -0.2) is 9.18 Å². The summed E-state index contributed by atoms with van der Waals surface area (Å²) in [6, 6.07) is 6.52. The number of alkyl carbamates (subject to hydrolysis) is 1. The van der Waals surface area contributed by atoms with Crippen LogP contribution in [0.5, 0.6) is 0 Å². The lowest BCUT2D eigenvalue weighted by molar-refractivity contribution is -0.133. The Morgan fingerprint density at radius 3 is 2.23 bits per heavy atom. The first kappa shape index (κ1) is 23.3. The molecule has 0 unspecified atom stereocenters. The Bertz CT molecular complexity index is 734. The average Bonchev–Trinajstić information content (AvgIpc) is 2.73. The fourth-order valence-corrected chi connectivity index (χ4v) is 4.05. The molecule has 2 amide bonds. The molecule has 2 fully saturated rings. The number of nitrogens with zero attached hydrogens (tertiary/aromatic N) is 3. The van der Waals surface area contributed by atoms with E-state index in [1.165, 1.54) is 12.1 Å². The van der Waals surface area contributed by atoms with E-state index in [4.69, 9.17) is 4.74 Å². The van der Waals surface area contributed by atoms with E-state index in [1.54, 1.807) is 12.1 Å². The summed E-state index contributed by atoms with van der Waals surface area (Å²) >= 11 is 0. The SMILES string of the molecule is CC(C)(C)OC(=O)NCC1CCN(CC(=O)N2CCN(c3ccc(F)cc3)CC2)CC1. The van der Waals surface area contributed by atoms with Crippen molar-refractivity contribution in [2.75, 3.05) is 57.3 Å². The second kappa shape index (κ2) is 10.3. The molecule has 2 aliphatic rings. The number of nitrogens with one attached hydrogen (secondary N) is 1.